The van der Waals surface area contributed by atoms with Crippen LogP contribution in [-0.2, 0) is 19.0 Å². The zero-order valence-corrected chi connectivity index (χ0v) is 17.3. The summed E-state index contributed by atoms with van der Waals surface area (Å²) in [6, 6.07) is 9.02. The molecule has 3 aromatic rings. The fourth-order valence-electron chi connectivity index (χ4n) is 2.98. The van der Waals surface area contributed by atoms with Gasteiger partial charge in [-0.25, -0.2) is 9.18 Å². The van der Waals surface area contributed by atoms with Gasteiger partial charge in [0.2, 0.25) is 0 Å². The molecule has 0 saturated carbocycles. The molecular formula is C23H14F7NO4. The first-order valence-electron chi connectivity index (χ1n) is 9.59. The van der Waals surface area contributed by atoms with Crippen molar-refractivity contribution in [3.8, 4) is 11.5 Å². The number of benzene rings is 3. The van der Waals surface area contributed by atoms with Gasteiger partial charge in [-0.15, -0.1) is 0 Å². The van der Waals surface area contributed by atoms with Gasteiger partial charge in [0.25, 0.3) is 5.91 Å². The second-order valence-electron chi connectivity index (χ2n) is 7.11. The Morgan fingerprint density at radius 1 is 0.857 bits per heavy atom. The molecule has 3 aromatic carbocycles. The Bertz CT molecular complexity index is 1230. The Labute approximate surface area is 192 Å². The van der Waals surface area contributed by atoms with Crippen LogP contribution < -0.4 is 10.1 Å². The topological polar surface area (TPSA) is 75.6 Å². The molecule has 2 N–H and O–H groups in total. The quantitative estimate of drug-likeness (QED) is 0.359. The molecule has 3 rings (SSSR count). The fourth-order valence-corrected chi connectivity index (χ4v) is 2.98. The van der Waals surface area contributed by atoms with Gasteiger partial charge in [-0.2, -0.15) is 26.3 Å². The number of anilines is 1. The second-order valence-corrected chi connectivity index (χ2v) is 7.11. The molecule has 0 fully saturated rings. The monoisotopic (exact) mass is 501 g/mol. The SMILES string of the molecule is O=C(O)c1ccc(NC(=O)c2c(Oc3ccc(CF)cc3)cc(C(F)(F)F)cc2C(F)(F)F)cc1. The number of amides is 1. The van der Waals surface area contributed by atoms with Gasteiger partial charge in [0.05, 0.1) is 22.3 Å². The molecule has 0 unspecified atom stereocenters. The van der Waals surface area contributed by atoms with Crippen LogP contribution in [0.25, 0.3) is 0 Å². The number of carboxylic acid groups (broad SMARTS) is 1. The van der Waals surface area contributed by atoms with Crippen LogP contribution in [-0.4, -0.2) is 17.0 Å². The van der Waals surface area contributed by atoms with Gasteiger partial charge in [-0.05, 0) is 54.1 Å². The first-order valence-corrected chi connectivity index (χ1v) is 9.59. The molecule has 0 saturated heterocycles. The molecule has 35 heavy (non-hydrogen) atoms. The maximum absolute atomic E-state index is 13.8. The number of ether oxygens (including phenoxy) is 1. The lowest BCUT2D eigenvalue weighted by atomic mass is 10.0. The molecule has 0 bridgehead atoms. The van der Waals surface area contributed by atoms with Crippen molar-refractivity contribution in [2.75, 3.05) is 5.32 Å². The first-order chi connectivity index (χ1) is 16.3. The molecule has 0 aliphatic heterocycles. The van der Waals surface area contributed by atoms with Crippen molar-refractivity contribution >= 4 is 17.6 Å². The van der Waals surface area contributed by atoms with E-state index in [1.165, 1.54) is 12.1 Å². The highest BCUT2D eigenvalue weighted by atomic mass is 19.4. The molecule has 0 radical (unpaired) electrons. The molecule has 1 amide bonds. The zero-order chi connectivity index (χ0) is 26.0. The summed E-state index contributed by atoms with van der Waals surface area (Å²) in [5.74, 6) is -4.03. The minimum absolute atomic E-state index is 0.119. The predicted octanol–water partition coefficient (Wildman–Crippen LogP) is 6.94. The number of alkyl halides is 7. The average molecular weight is 501 g/mol. The van der Waals surface area contributed by atoms with Crippen molar-refractivity contribution in [1.82, 2.24) is 0 Å². The predicted molar refractivity (Wildman–Crippen MR) is 109 cm³/mol. The molecule has 0 heterocycles. The maximum Gasteiger partial charge on any atom is 0.417 e. The molecule has 0 atom stereocenters. The lowest BCUT2D eigenvalue weighted by Gasteiger charge is -2.20. The van der Waals surface area contributed by atoms with Gasteiger partial charge < -0.3 is 15.2 Å². The number of hydrogen-bond donors (Lipinski definition) is 2. The summed E-state index contributed by atoms with van der Waals surface area (Å²) in [5.41, 5.74) is -4.95. The van der Waals surface area contributed by atoms with Crippen LogP contribution in [0.4, 0.5) is 36.4 Å². The normalized spacial score (nSPS) is 11.7. The van der Waals surface area contributed by atoms with E-state index in [0.29, 0.717) is 0 Å². The first kappa shape index (κ1) is 25.5. The Balaban J connectivity index is 2.13. The molecular weight excluding hydrogens is 487 g/mol. The van der Waals surface area contributed by atoms with Crippen molar-refractivity contribution in [3.63, 3.8) is 0 Å². The van der Waals surface area contributed by atoms with E-state index < -0.39 is 53.3 Å². The summed E-state index contributed by atoms with van der Waals surface area (Å²) < 4.78 is 99.3. The minimum atomic E-state index is -5.38. The molecule has 12 heteroatoms. The van der Waals surface area contributed by atoms with Gasteiger partial charge in [0.15, 0.2) is 0 Å². The van der Waals surface area contributed by atoms with Crippen LogP contribution in [0.15, 0.2) is 60.7 Å². The molecule has 5 nitrogen and oxygen atoms in total. The van der Waals surface area contributed by atoms with E-state index >= 15 is 0 Å². The third-order valence-corrected chi connectivity index (χ3v) is 4.66. The van der Waals surface area contributed by atoms with Crippen molar-refractivity contribution in [3.05, 3.63) is 88.5 Å². The summed E-state index contributed by atoms with van der Waals surface area (Å²) in [7, 11) is 0. The van der Waals surface area contributed by atoms with Gasteiger partial charge in [-0.3, -0.25) is 4.79 Å². The van der Waals surface area contributed by atoms with Crippen LogP contribution in [0.3, 0.4) is 0 Å². The summed E-state index contributed by atoms with van der Waals surface area (Å²) in [5, 5.41) is 11.0. The highest BCUT2D eigenvalue weighted by molar-refractivity contribution is 6.07. The van der Waals surface area contributed by atoms with E-state index in [9.17, 15) is 40.3 Å². The third-order valence-electron chi connectivity index (χ3n) is 4.66. The molecule has 0 aromatic heterocycles. The standard InChI is InChI=1S/C23H14F7NO4/c24-11-12-1-7-16(8-2-12)35-18-10-14(22(25,26)27)9-17(23(28,29)30)19(18)20(32)31-15-5-3-13(4-6-15)21(33)34/h1-10H,11H2,(H,31,32)(H,33,34). The highest BCUT2D eigenvalue weighted by Crippen LogP contribution is 2.43. The van der Waals surface area contributed by atoms with Gasteiger partial charge in [0, 0.05) is 5.69 Å². The van der Waals surface area contributed by atoms with Crippen molar-refractivity contribution in [2.24, 2.45) is 0 Å². The van der Waals surface area contributed by atoms with Crippen LogP contribution in [0.1, 0.15) is 37.4 Å². The Morgan fingerprint density at radius 2 is 1.46 bits per heavy atom. The summed E-state index contributed by atoms with van der Waals surface area (Å²) in [6.07, 6.45) is -10.6. The smallest absolute Gasteiger partial charge is 0.417 e. The van der Waals surface area contributed by atoms with E-state index in [1.807, 2.05) is 0 Å². The number of rotatable bonds is 6. The third kappa shape index (κ3) is 6.08. The van der Waals surface area contributed by atoms with Gasteiger partial charge in [-0.1, -0.05) is 12.1 Å². The zero-order valence-electron chi connectivity index (χ0n) is 17.3. The molecule has 0 spiro atoms. The van der Waals surface area contributed by atoms with E-state index in [2.05, 4.69) is 5.32 Å². The molecule has 0 aliphatic rings. The fraction of sp³-hybridized carbons (Fsp3) is 0.130. The Hall–Kier alpha value is -4.09. The number of carbonyl (C=O) groups is 2. The largest absolute Gasteiger partial charge is 0.478 e. The van der Waals surface area contributed by atoms with Crippen LogP contribution in [0.2, 0.25) is 0 Å². The van der Waals surface area contributed by atoms with E-state index in [-0.39, 0.29) is 34.7 Å². The number of halogens is 7. The number of hydrogen-bond acceptors (Lipinski definition) is 3. The Kier molecular flexibility index (Phi) is 7.04. The number of aromatic carboxylic acids is 1. The van der Waals surface area contributed by atoms with E-state index in [0.717, 1.165) is 36.4 Å². The van der Waals surface area contributed by atoms with Gasteiger partial charge in [0.1, 0.15) is 18.2 Å². The molecule has 0 aliphatic carbocycles. The average Bonchev–Trinajstić information content (AvgIpc) is 2.78. The number of nitrogens with one attached hydrogen (secondary N) is 1. The summed E-state index contributed by atoms with van der Waals surface area (Å²) >= 11 is 0. The maximum atomic E-state index is 13.8. The van der Waals surface area contributed by atoms with Crippen LogP contribution in [0.5, 0.6) is 11.5 Å². The van der Waals surface area contributed by atoms with Crippen molar-refractivity contribution < 1.29 is 50.2 Å². The van der Waals surface area contributed by atoms with Gasteiger partial charge >= 0.3 is 18.3 Å². The van der Waals surface area contributed by atoms with Crippen LogP contribution >= 0.6 is 0 Å². The minimum Gasteiger partial charge on any atom is -0.478 e. The summed E-state index contributed by atoms with van der Waals surface area (Å²) in [6.45, 7) is -0.865. The highest BCUT2D eigenvalue weighted by Gasteiger charge is 2.42. The van der Waals surface area contributed by atoms with Crippen molar-refractivity contribution in [1.29, 1.82) is 0 Å². The molecule has 184 valence electrons. The lowest BCUT2D eigenvalue weighted by Crippen LogP contribution is -2.21. The Morgan fingerprint density at radius 3 is 1.94 bits per heavy atom. The van der Waals surface area contributed by atoms with E-state index in [1.54, 1.807) is 0 Å². The van der Waals surface area contributed by atoms with Crippen LogP contribution in [0, 0.1) is 0 Å². The number of carboxylic acids is 1. The van der Waals surface area contributed by atoms with E-state index in [4.69, 9.17) is 9.84 Å². The number of carbonyl (C=O) groups excluding carboxylic acids is 1. The second kappa shape index (κ2) is 9.65. The van der Waals surface area contributed by atoms with Crippen molar-refractivity contribution in [2.45, 2.75) is 19.0 Å². The lowest BCUT2D eigenvalue weighted by molar-refractivity contribution is -0.143. The summed E-state index contributed by atoms with van der Waals surface area (Å²) in [4.78, 5) is 23.8.